The standard InChI is InChI=1S/C20H25NO3S/c1-15-8-10-19(11-9-15)25(23,24)20(22)18-12-16(2)21(14-18)13-17-6-4-3-5-7-17/h3-11,16,18,20,22H,12-14H2,1-2H3/t16-,18+,20?/m0/s1. The zero-order valence-electron chi connectivity index (χ0n) is 14.7. The van der Waals surface area contributed by atoms with Gasteiger partial charge in [-0.1, -0.05) is 48.0 Å². The van der Waals surface area contributed by atoms with E-state index in [1.807, 2.05) is 25.1 Å². The van der Waals surface area contributed by atoms with E-state index in [1.165, 1.54) is 5.56 Å². The van der Waals surface area contributed by atoms with Crippen LogP contribution in [-0.2, 0) is 16.4 Å². The van der Waals surface area contributed by atoms with E-state index in [0.717, 1.165) is 12.1 Å². The second-order valence-electron chi connectivity index (χ2n) is 7.01. The molecule has 2 aromatic carbocycles. The Morgan fingerprint density at radius 1 is 1.12 bits per heavy atom. The number of likely N-dealkylation sites (tertiary alicyclic amines) is 1. The largest absolute Gasteiger partial charge is 0.376 e. The average molecular weight is 359 g/mol. The summed E-state index contributed by atoms with van der Waals surface area (Å²) >= 11 is 0. The molecular formula is C20H25NO3S. The third kappa shape index (κ3) is 3.94. The summed E-state index contributed by atoms with van der Waals surface area (Å²) in [6.45, 7) is 5.36. The van der Waals surface area contributed by atoms with Gasteiger partial charge in [-0.25, -0.2) is 8.42 Å². The molecule has 1 fully saturated rings. The molecule has 3 atom stereocenters. The van der Waals surface area contributed by atoms with Gasteiger partial charge in [0.25, 0.3) is 0 Å². The monoisotopic (exact) mass is 359 g/mol. The highest BCUT2D eigenvalue weighted by molar-refractivity contribution is 7.91. The van der Waals surface area contributed by atoms with Crippen molar-refractivity contribution in [2.24, 2.45) is 5.92 Å². The maximum Gasteiger partial charge on any atom is 0.205 e. The summed E-state index contributed by atoms with van der Waals surface area (Å²) in [5, 5.41) is 10.6. The van der Waals surface area contributed by atoms with Crippen LogP contribution in [-0.4, -0.2) is 36.4 Å². The average Bonchev–Trinajstić information content (AvgIpc) is 2.96. The molecular weight excluding hydrogens is 334 g/mol. The molecule has 0 aliphatic carbocycles. The summed E-state index contributed by atoms with van der Waals surface area (Å²) in [6, 6.07) is 17.1. The zero-order chi connectivity index (χ0) is 18.0. The van der Waals surface area contributed by atoms with Crippen molar-refractivity contribution in [2.75, 3.05) is 6.54 Å². The number of benzene rings is 2. The number of sulfone groups is 1. The smallest absolute Gasteiger partial charge is 0.205 e. The fourth-order valence-corrected chi connectivity index (χ4v) is 5.01. The van der Waals surface area contributed by atoms with Gasteiger partial charge >= 0.3 is 0 Å². The molecule has 3 rings (SSSR count). The molecule has 5 heteroatoms. The molecule has 0 amide bonds. The second-order valence-corrected chi connectivity index (χ2v) is 9.05. The number of nitrogens with zero attached hydrogens (tertiary/aromatic N) is 1. The normalized spacial score (nSPS) is 22.8. The molecule has 134 valence electrons. The van der Waals surface area contributed by atoms with Crippen LogP contribution in [0.25, 0.3) is 0 Å². The zero-order valence-corrected chi connectivity index (χ0v) is 15.5. The highest BCUT2D eigenvalue weighted by atomic mass is 32.2. The first-order chi connectivity index (χ1) is 11.9. The SMILES string of the molecule is Cc1ccc(S(=O)(=O)C(O)[C@@H]2C[C@H](C)N(Cc3ccccc3)C2)cc1. The Labute approximate surface area is 150 Å². The quantitative estimate of drug-likeness (QED) is 0.892. The molecule has 0 bridgehead atoms. The molecule has 25 heavy (non-hydrogen) atoms. The molecule has 1 aliphatic heterocycles. The molecule has 0 radical (unpaired) electrons. The lowest BCUT2D eigenvalue weighted by atomic mass is 10.1. The van der Waals surface area contributed by atoms with E-state index >= 15 is 0 Å². The van der Waals surface area contributed by atoms with Crippen LogP contribution in [0.15, 0.2) is 59.5 Å². The Hall–Kier alpha value is -1.69. The minimum atomic E-state index is -3.73. The lowest BCUT2D eigenvalue weighted by Crippen LogP contribution is -2.32. The Morgan fingerprint density at radius 2 is 1.76 bits per heavy atom. The number of aliphatic hydroxyl groups excluding tert-OH is 1. The van der Waals surface area contributed by atoms with Gasteiger partial charge in [0, 0.05) is 25.0 Å². The van der Waals surface area contributed by atoms with Crippen LogP contribution in [0.3, 0.4) is 0 Å². The van der Waals surface area contributed by atoms with Gasteiger partial charge in [-0.15, -0.1) is 0 Å². The van der Waals surface area contributed by atoms with Gasteiger partial charge in [-0.3, -0.25) is 4.90 Å². The van der Waals surface area contributed by atoms with E-state index in [9.17, 15) is 13.5 Å². The molecule has 4 nitrogen and oxygen atoms in total. The predicted octanol–water partition coefficient (Wildman–Crippen LogP) is 3.00. The van der Waals surface area contributed by atoms with Gasteiger partial charge < -0.3 is 5.11 Å². The van der Waals surface area contributed by atoms with Gasteiger partial charge in [0.15, 0.2) is 5.44 Å². The van der Waals surface area contributed by atoms with Crippen LogP contribution in [0.4, 0.5) is 0 Å². The summed E-state index contributed by atoms with van der Waals surface area (Å²) in [5.74, 6) is -0.273. The Bertz CT molecular complexity index is 803. The Morgan fingerprint density at radius 3 is 2.40 bits per heavy atom. The fourth-order valence-electron chi connectivity index (χ4n) is 3.51. The maximum atomic E-state index is 12.7. The fraction of sp³-hybridized carbons (Fsp3) is 0.400. The first-order valence-electron chi connectivity index (χ1n) is 8.64. The van der Waals surface area contributed by atoms with Crippen LogP contribution in [0.2, 0.25) is 0 Å². The Balaban J connectivity index is 1.72. The minimum absolute atomic E-state index is 0.194. The van der Waals surface area contributed by atoms with E-state index in [0.29, 0.717) is 13.0 Å². The van der Waals surface area contributed by atoms with Crippen molar-refractivity contribution >= 4 is 9.84 Å². The topological polar surface area (TPSA) is 57.6 Å². The highest BCUT2D eigenvalue weighted by Crippen LogP contribution is 2.31. The van der Waals surface area contributed by atoms with E-state index in [4.69, 9.17) is 0 Å². The minimum Gasteiger partial charge on any atom is -0.376 e. The first-order valence-corrected chi connectivity index (χ1v) is 10.2. The van der Waals surface area contributed by atoms with Gasteiger partial charge in [-0.2, -0.15) is 0 Å². The predicted molar refractivity (Wildman–Crippen MR) is 98.8 cm³/mol. The Kier molecular flexibility index (Phi) is 5.27. The van der Waals surface area contributed by atoms with Gasteiger partial charge in [-0.05, 0) is 38.0 Å². The summed E-state index contributed by atoms with van der Waals surface area (Å²) in [5.41, 5.74) is 0.835. The molecule has 0 aromatic heterocycles. The number of aliphatic hydroxyl groups is 1. The molecule has 0 saturated carbocycles. The van der Waals surface area contributed by atoms with Crippen LogP contribution in [0, 0.1) is 12.8 Å². The van der Waals surface area contributed by atoms with Crippen LogP contribution >= 0.6 is 0 Å². The summed E-state index contributed by atoms with van der Waals surface area (Å²) in [4.78, 5) is 2.44. The summed E-state index contributed by atoms with van der Waals surface area (Å²) in [6.07, 6.45) is 0.680. The molecule has 1 heterocycles. The number of hydrogen-bond acceptors (Lipinski definition) is 4. The van der Waals surface area contributed by atoms with E-state index in [2.05, 4.69) is 24.0 Å². The molecule has 0 spiro atoms. The molecule has 1 unspecified atom stereocenters. The van der Waals surface area contributed by atoms with Gasteiger partial charge in [0.2, 0.25) is 9.84 Å². The molecule has 1 saturated heterocycles. The van der Waals surface area contributed by atoms with Crippen LogP contribution < -0.4 is 0 Å². The number of hydrogen-bond donors (Lipinski definition) is 1. The van der Waals surface area contributed by atoms with Crippen molar-refractivity contribution in [1.82, 2.24) is 4.90 Å². The van der Waals surface area contributed by atoms with E-state index in [1.54, 1.807) is 24.3 Å². The van der Waals surface area contributed by atoms with Gasteiger partial charge in [0.1, 0.15) is 0 Å². The van der Waals surface area contributed by atoms with Crippen molar-refractivity contribution in [1.29, 1.82) is 0 Å². The van der Waals surface area contributed by atoms with Crippen molar-refractivity contribution < 1.29 is 13.5 Å². The highest BCUT2D eigenvalue weighted by Gasteiger charge is 2.39. The summed E-state index contributed by atoms with van der Waals surface area (Å²) in [7, 11) is -3.73. The van der Waals surface area contributed by atoms with Crippen molar-refractivity contribution in [3.8, 4) is 0 Å². The number of rotatable bonds is 5. The lowest BCUT2D eigenvalue weighted by molar-refractivity contribution is 0.176. The molecule has 2 aromatic rings. The third-order valence-corrected chi connectivity index (χ3v) is 6.99. The van der Waals surface area contributed by atoms with E-state index in [-0.39, 0.29) is 16.9 Å². The van der Waals surface area contributed by atoms with Crippen molar-refractivity contribution in [2.45, 2.75) is 43.2 Å². The second kappa shape index (κ2) is 7.28. The third-order valence-electron chi connectivity index (χ3n) is 5.04. The first kappa shape index (κ1) is 18.1. The maximum absolute atomic E-state index is 12.7. The van der Waals surface area contributed by atoms with Gasteiger partial charge in [0.05, 0.1) is 4.90 Å². The van der Waals surface area contributed by atoms with E-state index < -0.39 is 15.3 Å². The molecule has 1 aliphatic rings. The van der Waals surface area contributed by atoms with Crippen LogP contribution in [0.5, 0.6) is 0 Å². The summed E-state index contributed by atoms with van der Waals surface area (Å²) < 4.78 is 25.5. The lowest BCUT2D eigenvalue weighted by Gasteiger charge is -2.22. The van der Waals surface area contributed by atoms with Crippen LogP contribution in [0.1, 0.15) is 24.5 Å². The number of aryl methyl sites for hydroxylation is 1. The molecule has 1 N–H and O–H groups in total. The van der Waals surface area contributed by atoms with Crippen molar-refractivity contribution in [3.63, 3.8) is 0 Å². The van der Waals surface area contributed by atoms with Crippen molar-refractivity contribution in [3.05, 3.63) is 65.7 Å².